The molecule has 2 aliphatic heterocycles. The second kappa shape index (κ2) is 8.68. The molecule has 1 aliphatic carbocycles. The number of rotatable bonds is 6. The number of hydrogen-bond acceptors (Lipinski definition) is 5. The van der Waals surface area contributed by atoms with Gasteiger partial charge in [0, 0.05) is 38.4 Å². The summed E-state index contributed by atoms with van der Waals surface area (Å²) in [5.41, 5.74) is 1.37. The van der Waals surface area contributed by atoms with E-state index >= 15 is 0 Å². The molecule has 10 heteroatoms. The van der Waals surface area contributed by atoms with Gasteiger partial charge in [0.25, 0.3) is 0 Å². The highest BCUT2D eigenvalue weighted by atomic mass is 35.5. The van der Waals surface area contributed by atoms with E-state index in [2.05, 4.69) is 14.9 Å². The first-order valence-corrected chi connectivity index (χ1v) is 12.4. The van der Waals surface area contributed by atoms with Gasteiger partial charge in [-0.05, 0) is 41.5 Å². The van der Waals surface area contributed by atoms with E-state index in [1.54, 1.807) is 23.0 Å². The monoisotopic (exact) mass is 480 g/mol. The highest BCUT2D eigenvalue weighted by molar-refractivity contribution is 7.81. The number of benzene rings is 1. The van der Waals surface area contributed by atoms with Crippen molar-refractivity contribution >= 4 is 34.1 Å². The molecule has 1 aromatic heterocycles. The summed E-state index contributed by atoms with van der Waals surface area (Å²) in [7, 11) is -1.05. The van der Waals surface area contributed by atoms with Crippen LogP contribution in [0.4, 0.5) is 14.7 Å². The number of hydrogen-bond donors (Lipinski definition) is 0. The summed E-state index contributed by atoms with van der Waals surface area (Å²) in [6.07, 6.45) is 7.25. The summed E-state index contributed by atoms with van der Waals surface area (Å²) in [6.45, 7) is 3.00. The molecule has 32 heavy (non-hydrogen) atoms. The van der Waals surface area contributed by atoms with E-state index in [0.717, 1.165) is 18.7 Å². The van der Waals surface area contributed by atoms with Gasteiger partial charge in [-0.15, -0.1) is 0 Å². The Labute approximate surface area is 192 Å². The van der Waals surface area contributed by atoms with Crippen molar-refractivity contribution in [1.82, 2.24) is 14.3 Å². The lowest BCUT2D eigenvalue weighted by Gasteiger charge is -2.24. The van der Waals surface area contributed by atoms with Gasteiger partial charge in [-0.25, -0.2) is 27.3 Å². The maximum Gasteiger partial charge on any atom is 0.225 e. The van der Waals surface area contributed by atoms with Crippen molar-refractivity contribution in [3.05, 3.63) is 52.8 Å². The molecule has 1 saturated carbocycles. The number of anilines is 1. The molecule has 3 aliphatic rings. The summed E-state index contributed by atoms with van der Waals surface area (Å²) in [5.74, 6) is 0.0645. The third-order valence-electron chi connectivity index (χ3n) is 6.59. The quantitative estimate of drug-likeness (QED) is 0.633. The minimum Gasteiger partial charge on any atom is -0.487 e. The van der Waals surface area contributed by atoms with Crippen LogP contribution in [0.15, 0.2) is 30.6 Å². The number of ether oxygens (including phenoxy) is 1. The Balaban J connectivity index is 1.18. The average Bonchev–Trinajstić information content (AvgIpc) is 3.22. The van der Waals surface area contributed by atoms with Crippen LogP contribution in [0.3, 0.4) is 0 Å². The minimum atomic E-state index is -1.05. The zero-order chi connectivity index (χ0) is 22.4. The minimum absolute atomic E-state index is 0.277. The summed E-state index contributed by atoms with van der Waals surface area (Å²) in [4.78, 5) is 10.6. The van der Waals surface area contributed by atoms with E-state index in [0.29, 0.717) is 47.9 Å². The van der Waals surface area contributed by atoms with Crippen molar-refractivity contribution in [2.45, 2.75) is 6.42 Å². The SMILES string of the molecule is CS(=O)N1CC=C(c2cc(F)c(OCC3C4CN(c5ncc(Cl)cn5)CC34)c(F)c2)CC1. The maximum atomic E-state index is 14.7. The Kier molecular flexibility index (Phi) is 5.90. The standard InChI is InChI=1S/C22H23ClF2N4O2S/c1-32(30)29-4-2-13(3-5-29)14-6-19(24)21(20(25)7-14)31-12-18-16-10-28(11-17(16)18)22-26-8-15(23)9-27-22/h2,6-9,16-18H,3-5,10-12H2,1H3. The van der Waals surface area contributed by atoms with Crippen LogP contribution in [-0.4, -0.2) is 57.5 Å². The van der Waals surface area contributed by atoms with E-state index in [1.807, 2.05) is 6.08 Å². The van der Waals surface area contributed by atoms with Gasteiger partial charge in [0.2, 0.25) is 5.95 Å². The zero-order valence-corrected chi connectivity index (χ0v) is 19.1. The van der Waals surface area contributed by atoms with E-state index in [9.17, 15) is 13.0 Å². The lowest BCUT2D eigenvalue weighted by molar-refractivity contribution is 0.257. The molecular weight excluding hydrogens is 458 g/mol. The smallest absolute Gasteiger partial charge is 0.225 e. The Bertz CT molecular complexity index is 1050. The fourth-order valence-corrected chi connectivity index (χ4v) is 5.47. The van der Waals surface area contributed by atoms with Crippen LogP contribution in [0.25, 0.3) is 5.57 Å². The van der Waals surface area contributed by atoms with Gasteiger partial charge in [0.15, 0.2) is 17.4 Å². The number of piperidine rings is 1. The fourth-order valence-electron chi connectivity index (χ4n) is 4.74. The third-order valence-corrected chi connectivity index (χ3v) is 7.84. The molecule has 1 aromatic carbocycles. The van der Waals surface area contributed by atoms with Gasteiger partial charge < -0.3 is 9.64 Å². The van der Waals surface area contributed by atoms with Crippen LogP contribution in [0.5, 0.6) is 5.75 Å². The molecule has 0 N–H and O–H groups in total. The van der Waals surface area contributed by atoms with Crippen molar-refractivity contribution < 1.29 is 17.7 Å². The van der Waals surface area contributed by atoms with Crippen LogP contribution in [0, 0.1) is 29.4 Å². The van der Waals surface area contributed by atoms with Crippen molar-refractivity contribution in [2.24, 2.45) is 17.8 Å². The van der Waals surface area contributed by atoms with E-state index in [4.69, 9.17) is 16.3 Å². The number of fused-ring (bicyclic) bond motifs is 1. The molecule has 3 atom stereocenters. The molecule has 0 amide bonds. The van der Waals surface area contributed by atoms with Gasteiger partial charge in [-0.1, -0.05) is 17.7 Å². The molecule has 0 radical (unpaired) electrons. The van der Waals surface area contributed by atoms with Crippen molar-refractivity contribution in [1.29, 1.82) is 0 Å². The van der Waals surface area contributed by atoms with Crippen molar-refractivity contribution in [2.75, 3.05) is 43.9 Å². The topological polar surface area (TPSA) is 58.6 Å². The highest BCUT2D eigenvalue weighted by Gasteiger charge is 2.56. The first kappa shape index (κ1) is 21.7. The van der Waals surface area contributed by atoms with Gasteiger partial charge in [0.1, 0.15) is 0 Å². The van der Waals surface area contributed by atoms with Crippen molar-refractivity contribution in [3.8, 4) is 5.75 Å². The molecule has 2 aromatic rings. The molecule has 2 fully saturated rings. The van der Waals surface area contributed by atoms with Gasteiger partial charge in [-0.3, -0.25) is 0 Å². The summed E-state index contributed by atoms with van der Waals surface area (Å²) >= 11 is 5.84. The zero-order valence-electron chi connectivity index (χ0n) is 17.5. The molecule has 3 heterocycles. The molecule has 6 nitrogen and oxygen atoms in total. The number of halogens is 3. The molecular formula is C22H23ClF2N4O2S. The van der Waals surface area contributed by atoms with E-state index < -0.39 is 22.6 Å². The maximum absolute atomic E-state index is 14.7. The van der Waals surface area contributed by atoms with Crippen LogP contribution < -0.4 is 9.64 Å². The lowest BCUT2D eigenvalue weighted by Crippen LogP contribution is -2.29. The predicted octanol–water partition coefficient (Wildman–Crippen LogP) is 3.55. The molecule has 1 saturated heterocycles. The van der Waals surface area contributed by atoms with Gasteiger partial charge >= 0.3 is 0 Å². The summed E-state index contributed by atoms with van der Waals surface area (Å²) < 4.78 is 48.3. The van der Waals surface area contributed by atoms with Crippen LogP contribution in [0.1, 0.15) is 12.0 Å². The Morgan fingerprint density at radius 1 is 1.19 bits per heavy atom. The lowest BCUT2D eigenvalue weighted by atomic mass is 10.00. The van der Waals surface area contributed by atoms with E-state index in [1.165, 1.54) is 12.1 Å². The number of aromatic nitrogens is 2. The molecule has 0 spiro atoms. The first-order valence-electron chi connectivity index (χ1n) is 10.5. The van der Waals surface area contributed by atoms with E-state index in [-0.39, 0.29) is 18.3 Å². The molecule has 170 valence electrons. The predicted molar refractivity (Wildman–Crippen MR) is 120 cm³/mol. The van der Waals surface area contributed by atoms with Crippen molar-refractivity contribution in [3.63, 3.8) is 0 Å². The average molecular weight is 481 g/mol. The Morgan fingerprint density at radius 2 is 1.84 bits per heavy atom. The van der Waals surface area contributed by atoms with Crippen LogP contribution >= 0.6 is 11.6 Å². The molecule has 3 unspecified atom stereocenters. The molecule has 0 bridgehead atoms. The highest BCUT2D eigenvalue weighted by Crippen LogP contribution is 2.52. The molecule has 5 rings (SSSR count). The third kappa shape index (κ3) is 4.25. The second-order valence-corrected chi connectivity index (χ2v) is 10.3. The summed E-state index contributed by atoms with van der Waals surface area (Å²) in [6, 6.07) is 2.66. The number of nitrogens with zero attached hydrogens (tertiary/aromatic N) is 4. The Morgan fingerprint density at radius 3 is 2.41 bits per heavy atom. The summed E-state index contributed by atoms with van der Waals surface area (Å²) in [5, 5.41) is 0.499. The van der Waals surface area contributed by atoms with Crippen LogP contribution in [0.2, 0.25) is 5.02 Å². The largest absolute Gasteiger partial charge is 0.487 e. The van der Waals surface area contributed by atoms with Gasteiger partial charge in [-0.2, -0.15) is 0 Å². The Hall–Kier alpha value is -2.10. The first-order chi connectivity index (χ1) is 15.4. The normalized spacial score (nSPS) is 25.9. The van der Waals surface area contributed by atoms with Crippen LogP contribution in [-0.2, 0) is 11.0 Å². The van der Waals surface area contributed by atoms with Gasteiger partial charge in [0.05, 0.1) is 35.0 Å². The fraction of sp³-hybridized carbons (Fsp3) is 0.455. The second-order valence-electron chi connectivity index (χ2n) is 8.47.